The van der Waals surface area contributed by atoms with Gasteiger partial charge in [-0.25, -0.2) is 0 Å². The van der Waals surface area contributed by atoms with Crippen molar-refractivity contribution in [2.24, 2.45) is 0 Å². The van der Waals surface area contributed by atoms with Crippen molar-refractivity contribution in [2.45, 2.75) is 6.61 Å². The maximum Gasteiger partial charge on any atom is 0.121 e. The van der Waals surface area contributed by atoms with Crippen LogP contribution in [0.2, 0.25) is 0 Å². The lowest BCUT2D eigenvalue weighted by atomic mass is 10.2. The predicted molar refractivity (Wildman–Crippen MR) is 49.7 cm³/mol. The quantitative estimate of drug-likeness (QED) is 0.731. The molecule has 0 aliphatic carbocycles. The average Bonchev–Trinajstić information content (AvgIpc) is 2.03. The van der Waals surface area contributed by atoms with Crippen molar-refractivity contribution in [3.8, 4) is 0 Å². The summed E-state index contributed by atoms with van der Waals surface area (Å²) in [4.78, 5) is 0. The second-order valence-corrected chi connectivity index (χ2v) is 3.12. The van der Waals surface area contributed by atoms with Gasteiger partial charge < -0.3 is 4.74 Å². The van der Waals surface area contributed by atoms with Crippen molar-refractivity contribution in [1.29, 1.82) is 0 Å². The molecule has 60 valence electrons. The lowest BCUT2D eigenvalue weighted by molar-refractivity contribution is 0.165. The third kappa shape index (κ3) is 2.81. The van der Waals surface area contributed by atoms with Gasteiger partial charge in [-0.1, -0.05) is 45.7 Å². The van der Waals surface area contributed by atoms with Gasteiger partial charge in [-0.05, 0) is 11.6 Å². The van der Waals surface area contributed by atoms with Gasteiger partial charge in [0.2, 0.25) is 0 Å². The van der Waals surface area contributed by atoms with Gasteiger partial charge in [0, 0.05) is 4.47 Å². The molecule has 0 unspecified atom stereocenters. The number of halogens is 2. The molecular formula is C8H8BrClO. The molecule has 1 rings (SSSR count). The van der Waals surface area contributed by atoms with Gasteiger partial charge in [0.05, 0.1) is 6.61 Å². The molecule has 0 aromatic heterocycles. The van der Waals surface area contributed by atoms with E-state index in [4.69, 9.17) is 16.3 Å². The molecule has 0 saturated carbocycles. The Hall–Kier alpha value is -0.0500. The van der Waals surface area contributed by atoms with Gasteiger partial charge in [-0.2, -0.15) is 0 Å². The van der Waals surface area contributed by atoms with Crippen molar-refractivity contribution >= 4 is 27.5 Å². The number of alkyl halides is 1. The summed E-state index contributed by atoms with van der Waals surface area (Å²) < 4.78 is 6.10. The highest BCUT2D eigenvalue weighted by molar-refractivity contribution is 9.10. The van der Waals surface area contributed by atoms with Crippen LogP contribution in [-0.2, 0) is 11.3 Å². The van der Waals surface area contributed by atoms with Crippen molar-refractivity contribution in [1.82, 2.24) is 0 Å². The van der Waals surface area contributed by atoms with E-state index in [0.717, 1.165) is 10.0 Å². The first-order chi connectivity index (χ1) is 5.34. The molecule has 0 amide bonds. The number of hydrogen-bond donors (Lipinski definition) is 0. The van der Waals surface area contributed by atoms with Gasteiger partial charge >= 0.3 is 0 Å². The molecule has 0 saturated heterocycles. The maximum atomic E-state index is 5.37. The fourth-order valence-electron chi connectivity index (χ4n) is 0.764. The highest BCUT2D eigenvalue weighted by Crippen LogP contribution is 2.16. The molecule has 1 aromatic rings. The highest BCUT2D eigenvalue weighted by Gasteiger charge is 1.96. The summed E-state index contributed by atoms with van der Waals surface area (Å²) in [5.41, 5.74) is 1.12. The number of rotatable bonds is 3. The summed E-state index contributed by atoms with van der Waals surface area (Å²) in [7, 11) is 0. The minimum absolute atomic E-state index is 0.237. The lowest BCUT2D eigenvalue weighted by Crippen LogP contribution is -1.90. The van der Waals surface area contributed by atoms with E-state index in [-0.39, 0.29) is 6.07 Å². The molecule has 0 aliphatic rings. The molecule has 0 aliphatic heterocycles. The van der Waals surface area contributed by atoms with Gasteiger partial charge in [0.25, 0.3) is 0 Å². The number of hydrogen-bond acceptors (Lipinski definition) is 1. The molecule has 0 N–H and O–H groups in total. The molecule has 0 heterocycles. The Balaban J connectivity index is 2.62. The van der Waals surface area contributed by atoms with Crippen LogP contribution in [0.3, 0.4) is 0 Å². The summed E-state index contributed by atoms with van der Waals surface area (Å²) in [5, 5.41) is 0. The molecule has 0 fully saturated rings. The molecule has 0 radical (unpaired) electrons. The Morgan fingerprint density at radius 2 is 2.09 bits per heavy atom. The molecule has 1 aromatic carbocycles. The van der Waals surface area contributed by atoms with Crippen LogP contribution in [0, 0.1) is 0 Å². The summed E-state index contributed by atoms with van der Waals surface area (Å²) in [6.07, 6.45) is 0. The van der Waals surface area contributed by atoms with Crippen molar-refractivity contribution in [2.75, 3.05) is 6.07 Å². The Morgan fingerprint density at radius 1 is 1.36 bits per heavy atom. The Labute approximate surface area is 79.4 Å². The normalized spacial score (nSPS) is 10.0. The standard InChI is InChI=1S/C8H8BrClO/c9-8-4-2-1-3-7(8)5-11-6-10/h1-4H,5-6H2. The van der Waals surface area contributed by atoms with Crippen LogP contribution >= 0.6 is 27.5 Å². The van der Waals surface area contributed by atoms with Crippen LogP contribution in [0.1, 0.15) is 5.56 Å². The van der Waals surface area contributed by atoms with E-state index in [1.807, 2.05) is 24.3 Å². The smallest absolute Gasteiger partial charge is 0.121 e. The fourth-order valence-corrected chi connectivity index (χ4v) is 1.24. The first kappa shape index (κ1) is 9.04. The molecule has 11 heavy (non-hydrogen) atoms. The number of ether oxygens (including phenoxy) is 1. The highest BCUT2D eigenvalue weighted by atomic mass is 79.9. The SMILES string of the molecule is ClCOCc1ccccc1Br. The molecule has 0 atom stereocenters. The molecule has 0 spiro atoms. The first-order valence-electron chi connectivity index (χ1n) is 3.21. The summed E-state index contributed by atoms with van der Waals surface area (Å²) in [5.74, 6) is 0. The van der Waals surface area contributed by atoms with Crippen LogP contribution in [0.5, 0.6) is 0 Å². The minimum Gasteiger partial charge on any atom is -0.361 e. The summed E-state index contributed by atoms with van der Waals surface area (Å²) in [6, 6.07) is 8.15. The zero-order chi connectivity index (χ0) is 8.10. The molecular weight excluding hydrogens is 227 g/mol. The zero-order valence-corrected chi connectivity index (χ0v) is 8.23. The van der Waals surface area contributed by atoms with Gasteiger partial charge in [0.15, 0.2) is 0 Å². The van der Waals surface area contributed by atoms with E-state index >= 15 is 0 Å². The average molecular weight is 236 g/mol. The maximum absolute atomic E-state index is 5.37. The van der Waals surface area contributed by atoms with E-state index in [9.17, 15) is 0 Å². The van der Waals surface area contributed by atoms with Gasteiger partial charge in [0.1, 0.15) is 6.07 Å². The molecule has 0 bridgehead atoms. The van der Waals surface area contributed by atoms with E-state index in [1.54, 1.807) is 0 Å². The van der Waals surface area contributed by atoms with Crippen LogP contribution < -0.4 is 0 Å². The van der Waals surface area contributed by atoms with E-state index in [1.165, 1.54) is 0 Å². The largest absolute Gasteiger partial charge is 0.361 e. The first-order valence-corrected chi connectivity index (χ1v) is 4.54. The van der Waals surface area contributed by atoms with E-state index in [0.29, 0.717) is 6.61 Å². The van der Waals surface area contributed by atoms with Crippen LogP contribution in [0.15, 0.2) is 28.7 Å². The van der Waals surface area contributed by atoms with Gasteiger partial charge in [-0.15, -0.1) is 0 Å². The van der Waals surface area contributed by atoms with Crippen LogP contribution in [0.4, 0.5) is 0 Å². The van der Waals surface area contributed by atoms with Crippen LogP contribution in [-0.4, -0.2) is 6.07 Å². The summed E-state index contributed by atoms with van der Waals surface area (Å²) >= 11 is 8.77. The third-order valence-electron chi connectivity index (χ3n) is 1.29. The minimum atomic E-state index is 0.237. The van der Waals surface area contributed by atoms with E-state index in [2.05, 4.69) is 15.9 Å². The van der Waals surface area contributed by atoms with E-state index < -0.39 is 0 Å². The molecule has 3 heteroatoms. The molecule has 1 nitrogen and oxygen atoms in total. The summed E-state index contributed by atoms with van der Waals surface area (Å²) in [6.45, 7) is 0.560. The lowest BCUT2D eigenvalue weighted by Gasteiger charge is -2.01. The Kier molecular flexibility index (Phi) is 3.91. The second kappa shape index (κ2) is 4.75. The third-order valence-corrected chi connectivity index (χ3v) is 2.22. The predicted octanol–water partition coefficient (Wildman–Crippen LogP) is 3.16. The zero-order valence-electron chi connectivity index (χ0n) is 5.89. The van der Waals surface area contributed by atoms with Crippen molar-refractivity contribution in [3.63, 3.8) is 0 Å². The Bertz CT molecular complexity index is 227. The van der Waals surface area contributed by atoms with Gasteiger partial charge in [-0.3, -0.25) is 0 Å². The number of benzene rings is 1. The fraction of sp³-hybridized carbons (Fsp3) is 0.250. The second-order valence-electron chi connectivity index (χ2n) is 2.05. The Morgan fingerprint density at radius 3 is 2.73 bits per heavy atom. The monoisotopic (exact) mass is 234 g/mol. The topological polar surface area (TPSA) is 9.23 Å². The van der Waals surface area contributed by atoms with Crippen LogP contribution in [0.25, 0.3) is 0 Å². The van der Waals surface area contributed by atoms with Crippen molar-refractivity contribution < 1.29 is 4.74 Å². The van der Waals surface area contributed by atoms with Crippen molar-refractivity contribution in [3.05, 3.63) is 34.3 Å².